The van der Waals surface area contributed by atoms with E-state index in [4.69, 9.17) is 0 Å². The summed E-state index contributed by atoms with van der Waals surface area (Å²) in [5, 5.41) is 12.8. The van der Waals surface area contributed by atoms with Gasteiger partial charge in [0.05, 0.1) is 6.54 Å². The smallest absolute Gasteiger partial charge is 0.316 e. The monoisotopic (exact) mass is 468 g/mol. The van der Waals surface area contributed by atoms with Gasteiger partial charge >= 0.3 is 5.17 Å². The third-order valence-corrected chi connectivity index (χ3v) is 6.09. The molecule has 0 fully saturated rings. The van der Waals surface area contributed by atoms with Gasteiger partial charge in [0.2, 0.25) is 0 Å². The van der Waals surface area contributed by atoms with Crippen molar-refractivity contribution in [1.82, 2.24) is 0 Å². The lowest BCUT2D eigenvalue weighted by Gasteiger charge is -2.28. The molecular formula is C18H18Br2N2OS. The summed E-state index contributed by atoms with van der Waals surface area (Å²) < 4.78 is 3.33. The van der Waals surface area contributed by atoms with Gasteiger partial charge < -0.3 is 22.1 Å². The maximum absolute atomic E-state index is 11.6. The van der Waals surface area contributed by atoms with Crippen LogP contribution in [0, 0.1) is 0 Å². The first-order valence-corrected chi connectivity index (χ1v) is 9.55. The zero-order valence-corrected chi connectivity index (χ0v) is 17.0. The average Bonchev–Trinajstić information content (AvgIpc) is 2.89. The lowest BCUT2D eigenvalue weighted by atomic mass is 10.0. The molecule has 126 valence electrons. The number of rotatable bonds is 2. The molecule has 0 bridgehead atoms. The van der Waals surface area contributed by atoms with E-state index in [0.29, 0.717) is 6.54 Å². The van der Waals surface area contributed by atoms with Crippen LogP contribution < -0.4 is 21.9 Å². The largest absolute Gasteiger partial charge is 1.00 e. The Bertz CT molecular complexity index is 751. The van der Waals surface area contributed by atoms with Crippen molar-refractivity contribution in [2.45, 2.75) is 12.1 Å². The molecule has 1 N–H and O–H groups in total. The summed E-state index contributed by atoms with van der Waals surface area (Å²) in [5.41, 5.74) is 0.922. The SMILES string of the molecule is OC1(c2ccc(Br)cc2)C[N+]2=C(SCCC2)N1c1ccccc1.[Br-]. The third kappa shape index (κ3) is 3.05. The van der Waals surface area contributed by atoms with Crippen molar-refractivity contribution in [3.63, 3.8) is 0 Å². The fraction of sp³-hybridized carbons (Fsp3) is 0.278. The summed E-state index contributed by atoms with van der Waals surface area (Å²) in [6, 6.07) is 18.2. The van der Waals surface area contributed by atoms with Crippen molar-refractivity contribution in [1.29, 1.82) is 0 Å². The predicted molar refractivity (Wildman–Crippen MR) is 99.0 cm³/mol. The standard InChI is InChI=1S/C18H18BrN2OS.BrH/c19-15-9-7-14(8-10-15)18(22)13-20-11-4-12-23-17(20)21(18)16-5-2-1-3-6-16;/h1-3,5-10,22H,4,11-13H2;1H/q+1;/p-1. The molecule has 2 aliphatic heterocycles. The topological polar surface area (TPSA) is 26.5 Å². The molecule has 2 aromatic rings. The second-order valence-electron chi connectivity index (χ2n) is 5.90. The second-order valence-corrected chi connectivity index (χ2v) is 7.88. The number of para-hydroxylation sites is 1. The molecule has 0 spiro atoms. The Morgan fingerprint density at radius 1 is 1.08 bits per heavy atom. The minimum absolute atomic E-state index is 0. The van der Waals surface area contributed by atoms with E-state index in [0.717, 1.165) is 39.6 Å². The molecule has 6 heteroatoms. The molecule has 0 amide bonds. The van der Waals surface area contributed by atoms with Crippen LogP contribution in [0.3, 0.4) is 0 Å². The van der Waals surface area contributed by atoms with Crippen LogP contribution in [0.2, 0.25) is 0 Å². The van der Waals surface area contributed by atoms with Crippen LogP contribution in [0.1, 0.15) is 12.0 Å². The Morgan fingerprint density at radius 2 is 1.79 bits per heavy atom. The molecule has 0 saturated heterocycles. The summed E-state index contributed by atoms with van der Waals surface area (Å²) in [6.45, 7) is 1.61. The highest BCUT2D eigenvalue weighted by Crippen LogP contribution is 2.39. The Hall–Kier alpha value is -0.820. The van der Waals surface area contributed by atoms with Crippen LogP contribution in [0.4, 0.5) is 5.69 Å². The average molecular weight is 470 g/mol. The van der Waals surface area contributed by atoms with Crippen LogP contribution >= 0.6 is 27.7 Å². The summed E-state index contributed by atoms with van der Waals surface area (Å²) in [5.74, 6) is 1.10. The molecule has 2 heterocycles. The van der Waals surface area contributed by atoms with Gasteiger partial charge in [0.1, 0.15) is 5.69 Å². The number of thioether (sulfide) groups is 1. The zero-order valence-electron chi connectivity index (χ0n) is 13.0. The van der Waals surface area contributed by atoms with Crippen molar-refractivity contribution >= 4 is 38.5 Å². The number of anilines is 1. The van der Waals surface area contributed by atoms with E-state index in [9.17, 15) is 5.11 Å². The predicted octanol–water partition coefficient (Wildman–Crippen LogP) is 0.624. The zero-order chi connectivity index (χ0) is 15.9. The maximum atomic E-state index is 11.6. The van der Waals surface area contributed by atoms with E-state index in [2.05, 4.69) is 37.5 Å². The molecule has 4 rings (SSSR count). The molecule has 0 saturated carbocycles. The van der Waals surface area contributed by atoms with Gasteiger partial charge in [0, 0.05) is 15.8 Å². The third-order valence-electron chi connectivity index (χ3n) is 4.37. The van der Waals surface area contributed by atoms with Crippen molar-refractivity contribution in [3.8, 4) is 0 Å². The van der Waals surface area contributed by atoms with Gasteiger partial charge in [-0.05, 0) is 42.4 Å². The molecular weight excluding hydrogens is 452 g/mol. The molecule has 1 unspecified atom stereocenters. The number of benzene rings is 2. The van der Waals surface area contributed by atoms with Crippen LogP contribution in [-0.4, -0.2) is 33.7 Å². The van der Waals surface area contributed by atoms with Gasteiger partial charge in [-0.15, -0.1) is 0 Å². The molecule has 0 aromatic heterocycles. The number of hydrogen-bond donors (Lipinski definition) is 1. The number of halogens is 2. The van der Waals surface area contributed by atoms with Crippen LogP contribution in [0.15, 0.2) is 59.1 Å². The molecule has 0 aliphatic carbocycles. The summed E-state index contributed by atoms with van der Waals surface area (Å²) >= 11 is 5.31. The molecule has 0 radical (unpaired) electrons. The Labute approximate surface area is 165 Å². The van der Waals surface area contributed by atoms with E-state index in [-0.39, 0.29) is 17.0 Å². The first kappa shape index (κ1) is 18.0. The normalized spacial score (nSPS) is 23.0. The fourth-order valence-electron chi connectivity index (χ4n) is 3.29. The van der Waals surface area contributed by atoms with Crippen molar-refractivity contribution in [2.75, 3.05) is 23.7 Å². The van der Waals surface area contributed by atoms with Gasteiger partial charge in [0.25, 0.3) is 5.72 Å². The fourth-order valence-corrected chi connectivity index (χ4v) is 4.74. The lowest BCUT2D eigenvalue weighted by Crippen LogP contribution is -3.00. The van der Waals surface area contributed by atoms with Gasteiger partial charge in [-0.2, -0.15) is 4.90 Å². The summed E-state index contributed by atoms with van der Waals surface area (Å²) in [6.07, 6.45) is 1.16. The number of aliphatic hydroxyl groups is 1. The molecule has 3 nitrogen and oxygen atoms in total. The highest BCUT2D eigenvalue weighted by atomic mass is 79.9. The molecule has 2 aromatic carbocycles. The van der Waals surface area contributed by atoms with Gasteiger partial charge in [-0.1, -0.05) is 46.3 Å². The van der Waals surface area contributed by atoms with Crippen molar-refractivity contribution in [3.05, 3.63) is 64.6 Å². The van der Waals surface area contributed by atoms with Gasteiger partial charge in [0.15, 0.2) is 6.54 Å². The minimum atomic E-state index is -1.03. The molecule has 2 aliphatic rings. The van der Waals surface area contributed by atoms with E-state index >= 15 is 0 Å². The van der Waals surface area contributed by atoms with E-state index in [1.54, 1.807) is 0 Å². The Kier molecular flexibility index (Phi) is 5.39. The number of nitrogens with zero attached hydrogens (tertiary/aromatic N) is 2. The number of hydrogen-bond acceptors (Lipinski definition) is 3. The lowest BCUT2D eigenvalue weighted by molar-refractivity contribution is -0.532. The highest BCUT2D eigenvalue weighted by Gasteiger charge is 2.55. The second kappa shape index (κ2) is 7.20. The van der Waals surface area contributed by atoms with E-state index in [1.807, 2.05) is 54.2 Å². The van der Waals surface area contributed by atoms with Crippen molar-refractivity contribution in [2.24, 2.45) is 0 Å². The Balaban J connectivity index is 0.00000169. The Morgan fingerprint density at radius 3 is 2.50 bits per heavy atom. The molecule has 1 atom stereocenters. The van der Waals surface area contributed by atoms with Gasteiger partial charge in [-0.3, -0.25) is 0 Å². The quantitative estimate of drug-likeness (QED) is 0.653. The van der Waals surface area contributed by atoms with Crippen LogP contribution in [-0.2, 0) is 5.72 Å². The molecule has 24 heavy (non-hydrogen) atoms. The van der Waals surface area contributed by atoms with Crippen LogP contribution in [0.25, 0.3) is 0 Å². The van der Waals surface area contributed by atoms with Crippen molar-refractivity contribution < 1.29 is 26.7 Å². The highest BCUT2D eigenvalue weighted by molar-refractivity contribution is 9.10. The number of amidine groups is 1. The summed E-state index contributed by atoms with van der Waals surface area (Å²) in [7, 11) is 0. The van der Waals surface area contributed by atoms with Crippen LogP contribution in [0.5, 0.6) is 0 Å². The van der Waals surface area contributed by atoms with Gasteiger partial charge in [-0.25, -0.2) is 4.58 Å². The van der Waals surface area contributed by atoms with E-state index in [1.165, 1.54) is 0 Å². The van der Waals surface area contributed by atoms with E-state index < -0.39 is 5.72 Å². The summed E-state index contributed by atoms with van der Waals surface area (Å²) in [4.78, 5) is 2.10. The minimum Gasteiger partial charge on any atom is -1.00 e. The maximum Gasteiger partial charge on any atom is 0.316 e. The first-order valence-electron chi connectivity index (χ1n) is 7.77. The first-order chi connectivity index (χ1) is 11.2.